The van der Waals surface area contributed by atoms with Crippen LogP contribution < -0.4 is 0 Å². The molecule has 0 aliphatic heterocycles. The van der Waals surface area contributed by atoms with E-state index in [0.717, 1.165) is 22.5 Å². The lowest BCUT2D eigenvalue weighted by molar-refractivity contribution is 0.0736. The van der Waals surface area contributed by atoms with Crippen LogP contribution in [-0.4, -0.2) is 39.1 Å². The highest BCUT2D eigenvalue weighted by Gasteiger charge is 2.23. The van der Waals surface area contributed by atoms with E-state index in [2.05, 4.69) is 15.2 Å². The minimum absolute atomic E-state index is 0.0327. The molecule has 0 unspecified atom stereocenters. The van der Waals surface area contributed by atoms with E-state index < -0.39 is 0 Å². The summed E-state index contributed by atoms with van der Waals surface area (Å²) in [4.78, 5) is 19.0. The summed E-state index contributed by atoms with van der Waals surface area (Å²) < 4.78 is 0. The number of hydrogen-bond donors (Lipinski definition) is 1. The number of hydrogen-bond acceptors (Lipinski definition) is 3. The fourth-order valence-electron chi connectivity index (χ4n) is 2.82. The Morgan fingerprint density at radius 1 is 1.16 bits per heavy atom. The molecular formula is C20H22N4O. The molecule has 0 radical (unpaired) electrons. The molecule has 2 heterocycles. The van der Waals surface area contributed by atoms with Gasteiger partial charge in [-0.2, -0.15) is 5.10 Å². The summed E-state index contributed by atoms with van der Waals surface area (Å²) in [6, 6.07) is 15.7. The molecular weight excluding hydrogens is 312 g/mol. The Morgan fingerprint density at radius 2 is 1.88 bits per heavy atom. The van der Waals surface area contributed by atoms with Crippen molar-refractivity contribution in [2.45, 2.75) is 26.3 Å². The number of likely N-dealkylation sites (N-methyl/N-ethyl adjacent to an activating group) is 1. The van der Waals surface area contributed by atoms with Gasteiger partial charge in [0, 0.05) is 42.5 Å². The summed E-state index contributed by atoms with van der Waals surface area (Å²) in [5.41, 5.74) is 4.19. The first-order valence-corrected chi connectivity index (χ1v) is 8.35. The number of pyridine rings is 1. The largest absolute Gasteiger partial charge is 0.337 e. The van der Waals surface area contributed by atoms with Crippen LogP contribution in [0.25, 0.3) is 11.3 Å². The van der Waals surface area contributed by atoms with Crippen LogP contribution in [0.15, 0.2) is 54.7 Å². The van der Waals surface area contributed by atoms with Gasteiger partial charge < -0.3 is 4.90 Å². The van der Waals surface area contributed by atoms with Gasteiger partial charge in [-0.1, -0.05) is 36.4 Å². The van der Waals surface area contributed by atoms with Crippen molar-refractivity contribution in [3.8, 4) is 11.3 Å². The Morgan fingerprint density at radius 3 is 2.56 bits per heavy atom. The Bertz CT molecular complexity index is 843. The lowest BCUT2D eigenvalue weighted by atomic mass is 10.1. The Hall–Kier alpha value is -2.95. The van der Waals surface area contributed by atoms with Crippen LogP contribution in [0.4, 0.5) is 0 Å². The van der Waals surface area contributed by atoms with Gasteiger partial charge in [0.15, 0.2) is 0 Å². The molecule has 0 fully saturated rings. The number of aromatic nitrogens is 3. The molecule has 1 aromatic carbocycles. The summed E-state index contributed by atoms with van der Waals surface area (Å²) in [6.07, 6.45) is 2.48. The first-order valence-electron chi connectivity index (χ1n) is 8.35. The molecule has 0 aliphatic rings. The highest BCUT2D eigenvalue weighted by molar-refractivity contribution is 5.95. The molecule has 3 rings (SSSR count). The third kappa shape index (κ3) is 3.60. The lowest BCUT2D eigenvalue weighted by Crippen LogP contribution is -2.37. The molecule has 2 aromatic heterocycles. The number of amides is 1. The van der Waals surface area contributed by atoms with Crippen LogP contribution >= 0.6 is 0 Å². The zero-order valence-corrected chi connectivity index (χ0v) is 14.7. The van der Waals surface area contributed by atoms with Crippen molar-refractivity contribution in [1.82, 2.24) is 20.1 Å². The third-order valence-electron chi connectivity index (χ3n) is 4.48. The number of H-pyrrole nitrogens is 1. The minimum Gasteiger partial charge on any atom is -0.337 e. The number of nitrogens with zero attached hydrogens (tertiary/aromatic N) is 3. The first kappa shape index (κ1) is 16.9. The van der Waals surface area contributed by atoms with Crippen molar-refractivity contribution in [2.24, 2.45) is 0 Å². The van der Waals surface area contributed by atoms with E-state index in [1.807, 2.05) is 69.4 Å². The average Bonchev–Trinajstić information content (AvgIpc) is 3.03. The monoisotopic (exact) mass is 334 g/mol. The number of carbonyl (C=O) groups excluding carboxylic acids is 1. The van der Waals surface area contributed by atoms with Crippen LogP contribution in [0.1, 0.15) is 28.7 Å². The van der Waals surface area contributed by atoms with Crippen molar-refractivity contribution >= 4 is 5.91 Å². The van der Waals surface area contributed by atoms with Crippen LogP contribution in [-0.2, 0) is 6.42 Å². The summed E-state index contributed by atoms with van der Waals surface area (Å²) in [5.74, 6) is -0.0596. The highest BCUT2D eigenvalue weighted by Crippen LogP contribution is 2.23. The molecule has 0 bridgehead atoms. The number of nitrogens with one attached hydrogen (secondary N) is 1. The van der Waals surface area contributed by atoms with Gasteiger partial charge in [-0.15, -0.1) is 0 Å². The van der Waals surface area contributed by atoms with Gasteiger partial charge in [0.2, 0.25) is 0 Å². The molecule has 0 saturated heterocycles. The molecule has 25 heavy (non-hydrogen) atoms. The normalized spacial score (nSPS) is 12.0. The Kier molecular flexibility index (Phi) is 4.93. The smallest absolute Gasteiger partial charge is 0.272 e. The molecule has 1 amide bonds. The maximum Gasteiger partial charge on any atom is 0.272 e. The molecule has 5 heteroatoms. The second-order valence-corrected chi connectivity index (χ2v) is 6.23. The molecule has 0 spiro atoms. The molecule has 0 saturated carbocycles. The number of rotatable bonds is 5. The SMILES string of the molecule is Cc1c(-c2ccccc2)n[nH]c1C(=O)N(C)[C@H](C)Cc1ccccn1. The average molecular weight is 334 g/mol. The van der Waals surface area contributed by atoms with E-state index in [1.54, 1.807) is 11.1 Å². The number of benzene rings is 1. The van der Waals surface area contributed by atoms with Gasteiger partial charge in [-0.05, 0) is 26.0 Å². The summed E-state index contributed by atoms with van der Waals surface area (Å²) in [5, 5.41) is 7.26. The van der Waals surface area contributed by atoms with Gasteiger partial charge in [0.25, 0.3) is 5.91 Å². The van der Waals surface area contributed by atoms with E-state index in [4.69, 9.17) is 0 Å². The Labute approximate surface area is 147 Å². The van der Waals surface area contributed by atoms with E-state index in [0.29, 0.717) is 12.1 Å². The van der Waals surface area contributed by atoms with Crippen molar-refractivity contribution in [1.29, 1.82) is 0 Å². The number of carbonyl (C=O) groups is 1. The maximum absolute atomic E-state index is 12.9. The first-order chi connectivity index (χ1) is 12.1. The molecule has 1 N–H and O–H groups in total. The van der Waals surface area contributed by atoms with Crippen molar-refractivity contribution in [3.05, 3.63) is 71.7 Å². The Balaban J connectivity index is 1.78. The van der Waals surface area contributed by atoms with Crippen LogP contribution in [0, 0.1) is 6.92 Å². The molecule has 5 nitrogen and oxygen atoms in total. The van der Waals surface area contributed by atoms with Gasteiger partial charge in [-0.3, -0.25) is 14.9 Å². The molecule has 0 aliphatic carbocycles. The van der Waals surface area contributed by atoms with Crippen molar-refractivity contribution < 1.29 is 4.79 Å². The van der Waals surface area contributed by atoms with E-state index >= 15 is 0 Å². The molecule has 128 valence electrons. The highest BCUT2D eigenvalue weighted by atomic mass is 16.2. The fourth-order valence-corrected chi connectivity index (χ4v) is 2.82. The quantitative estimate of drug-likeness (QED) is 0.777. The van der Waals surface area contributed by atoms with E-state index in [9.17, 15) is 4.79 Å². The van der Waals surface area contributed by atoms with Gasteiger partial charge in [0.05, 0.1) is 5.69 Å². The van der Waals surface area contributed by atoms with Crippen molar-refractivity contribution in [2.75, 3.05) is 7.05 Å². The number of aromatic amines is 1. The zero-order valence-electron chi connectivity index (χ0n) is 14.7. The second-order valence-electron chi connectivity index (χ2n) is 6.23. The summed E-state index contributed by atoms with van der Waals surface area (Å²) >= 11 is 0. The lowest BCUT2D eigenvalue weighted by Gasteiger charge is -2.24. The standard InChI is InChI=1S/C20H22N4O/c1-14(13-17-11-7-8-12-21-17)24(3)20(25)19-15(2)18(22-23-19)16-9-5-4-6-10-16/h4-12,14H,13H2,1-3H3,(H,22,23)/t14-/m1/s1. The van der Waals surface area contributed by atoms with Crippen LogP contribution in [0.3, 0.4) is 0 Å². The van der Waals surface area contributed by atoms with Gasteiger partial charge >= 0.3 is 0 Å². The van der Waals surface area contributed by atoms with E-state index in [1.165, 1.54) is 0 Å². The van der Waals surface area contributed by atoms with Gasteiger partial charge in [0.1, 0.15) is 5.69 Å². The topological polar surface area (TPSA) is 61.9 Å². The second kappa shape index (κ2) is 7.30. The van der Waals surface area contributed by atoms with Crippen LogP contribution in [0.2, 0.25) is 0 Å². The van der Waals surface area contributed by atoms with E-state index in [-0.39, 0.29) is 11.9 Å². The van der Waals surface area contributed by atoms with Crippen LogP contribution in [0.5, 0.6) is 0 Å². The fraction of sp³-hybridized carbons (Fsp3) is 0.250. The predicted octanol–water partition coefficient (Wildman–Crippen LogP) is 3.48. The zero-order chi connectivity index (χ0) is 17.8. The maximum atomic E-state index is 12.9. The molecule has 3 aromatic rings. The predicted molar refractivity (Wildman–Crippen MR) is 98.3 cm³/mol. The summed E-state index contributed by atoms with van der Waals surface area (Å²) in [6.45, 7) is 3.95. The molecule has 1 atom stereocenters. The third-order valence-corrected chi connectivity index (χ3v) is 4.48. The van der Waals surface area contributed by atoms with Gasteiger partial charge in [-0.25, -0.2) is 0 Å². The van der Waals surface area contributed by atoms with Crippen molar-refractivity contribution in [3.63, 3.8) is 0 Å². The summed E-state index contributed by atoms with van der Waals surface area (Å²) in [7, 11) is 1.82. The minimum atomic E-state index is -0.0596.